The third-order valence-electron chi connectivity index (χ3n) is 7.92. The fourth-order valence-corrected chi connectivity index (χ4v) is 7.11. The van der Waals surface area contributed by atoms with Gasteiger partial charge in [0, 0.05) is 30.6 Å². The number of aliphatic hydroxyl groups is 2. The summed E-state index contributed by atoms with van der Waals surface area (Å²) in [5.74, 6) is -1.46. The van der Waals surface area contributed by atoms with Gasteiger partial charge in [0.05, 0.1) is 17.9 Å². The van der Waals surface area contributed by atoms with Crippen molar-refractivity contribution in [1.82, 2.24) is 0 Å². The van der Waals surface area contributed by atoms with Crippen LogP contribution in [-0.2, 0) is 25.5 Å². The minimum Gasteiger partial charge on any atom is -0.472 e. The van der Waals surface area contributed by atoms with Gasteiger partial charge in [-0.1, -0.05) is 6.42 Å². The first-order valence-corrected chi connectivity index (χ1v) is 11.0. The number of hydrogen-bond donors (Lipinski definition) is 2. The quantitative estimate of drug-likeness (QED) is 0.535. The van der Waals surface area contributed by atoms with Gasteiger partial charge >= 0.3 is 11.9 Å². The molecule has 0 spiro atoms. The highest BCUT2D eigenvalue weighted by Gasteiger charge is 2.76. The third kappa shape index (κ3) is 2.85. The predicted molar refractivity (Wildman–Crippen MR) is 107 cm³/mol. The highest BCUT2D eigenvalue weighted by molar-refractivity contribution is 6.18. The van der Waals surface area contributed by atoms with Gasteiger partial charge in [0.15, 0.2) is 0 Å². The molecule has 2 aliphatic carbocycles. The van der Waals surface area contributed by atoms with Crippen LogP contribution >= 0.6 is 11.6 Å². The van der Waals surface area contributed by atoms with Crippen molar-refractivity contribution in [3.05, 3.63) is 24.2 Å². The molecule has 30 heavy (non-hydrogen) atoms. The zero-order valence-electron chi connectivity index (χ0n) is 17.4. The Morgan fingerprint density at radius 2 is 2.13 bits per heavy atom. The summed E-state index contributed by atoms with van der Waals surface area (Å²) in [6, 6.07) is 1.81. The van der Waals surface area contributed by atoms with E-state index in [2.05, 4.69) is 0 Å². The molecule has 0 amide bonds. The van der Waals surface area contributed by atoms with E-state index in [1.165, 1.54) is 6.92 Å². The van der Waals surface area contributed by atoms with Gasteiger partial charge in [0.1, 0.15) is 23.9 Å². The highest BCUT2D eigenvalue weighted by Crippen LogP contribution is 2.67. The summed E-state index contributed by atoms with van der Waals surface area (Å²) < 4.78 is 16.3. The second kappa shape index (κ2) is 7.24. The van der Waals surface area contributed by atoms with Crippen molar-refractivity contribution >= 4 is 23.5 Å². The van der Waals surface area contributed by atoms with Gasteiger partial charge < -0.3 is 24.1 Å². The molecule has 8 heteroatoms. The average Bonchev–Trinajstić information content (AvgIpc) is 3.21. The molecule has 0 unspecified atom stereocenters. The number of alkyl halides is 1. The first-order valence-electron chi connectivity index (χ1n) is 10.5. The lowest BCUT2D eigenvalue weighted by atomic mass is 9.41. The summed E-state index contributed by atoms with van der Waals surface area (Å²) >= 11 is 6.59. The second-order valence-corrected chi connectivity index (χ2v) is 9.76. The Balaban J connectivity index is 1.87. The number of carbonyl (C=O) groups is 2. The zero-order valence-corrected chi connectivity index (χ0v) is 18.1. The van der Waals surface area contributed by atoms with E-state index in [0.717, 1.165) is 5.56 Å². The molecule has 4 rings (SSSR count). The lowest BCUT2D eigenvalue weighted by Gasteiger charge is -2.68. The van der Waals surface area contributed by atoms with Crippen LogP contribution in [0.2, 0.25) is 0 Å². The number of esters is 2. The summed E-state index contributed by atoms with van der Waals surface area (Å²) in [7, 11) is 0. The number of cyclic esters (lactones) is 1. The number of fused-ring (bicyclic) bond motifs is 2. The normalized spacial score (nSPS) is 42.9. The van der Waals surface area contributed by atoms with Crippen molar-refractivity contribution in [3.63, 3.8) is 0 Å². The second-order valence-electron chi connectivity index (χ2n) is 9.49. The molecule has 1 aromatic rings. The molecule has 1 aliphatic heterocycles. The minimum atomic E-state index is -1.80. The highest BCUT2D eigenvalue weighted by atomic mass is 35.5. The van der Waals surface area contributed by atoms with Gasteiger partial charge in [-0.2, -0.15) is 0 Å². The lowest BCUT2D eigenvalue weighted by molar-refractivity contribution is -0.325. The molecule has 2 N–H and O–H groups in total. The molecule has 1 aromatic heterocycles. The average molecular weight is 441 g/mol. The number of hydrogen-bond acceptors (Lipinski definition) is 7. The van der Waals surface area contributed by atoms with E-state index >= 15 is 0 Å². The van der Waals surface area contributed by atoms with Crippen LogP contribution in [0, 0.1) is 16.7 Å². The summed E-state index contributed by atoms with van der Waals surface area (Å²) in [6.45, 7) is 2.75. The van der Waals surface area contributed by atoms with Crippen molar-refractivity contribution in [2.45, 2.75) is 69.7 Å². The van der Waals surface area contributed by atoms with Gasteiger partial charge in [-0.15, -0.1) is 11.6 Å². The van der Waals surface area contributed by atoms with Gasteiger partial charge in [-0.25, -0.2) is 0 Å². The monoisotopic (exact) mass is 440 g/mol. The maximum absolute atomic E-state index is 13.1. The Morgan fingerprint density at radius 3 is 2.77 bits per heavy atom. The topological polar surface area (TPSA) is 106 Å². The Hall–Kier alpha value is -1.57. The number of aryl methyl sites for hydroxylation is 1. The number of halogens is 1. The molecule has 0 radical (unpaired) electrons. The summed E-state index contributed by atoms with van der Waals surface area (Å²) in [5.41, 5.74) is -4.53. The molecule has 2 bridgehead atoms. The van der Waals surface area contributed by atoms with Gasteiger partial charge in [-0.05, 0) is 44.2 Å². The van der Waals surface area contributed by atoms with E-state index < -0.39 is 46.0 Å². The van der Waals surface area contributed by atoms with Crippen LogP contribution in [0.5, 0.6) is 0 Å². The molecule has 2 heterocycles. The van der Waals surface area contributed by atoms with E-state index in [1.54, 1.807) is 12.5 Å². The van der Waals surface area contributed by atoms with Crippen LogP contribution in [0.15, 0.2) is 23.0 Å². The SMILES string of the molecule is CC(=O)O[C@@H]1C[C@]2(O)COC(=O)[C@@]3(C)CCC[C@@](CCl)([C@@H]13)[C@@]2(O)CCc1ccoc1. The van der Waals surface area contributed by atoms with Crippen LogP contribution < -0.4 is 0 Å². The third-order valence-corrected chi connectivity index (χ3v) is 8.40. The number of ether oxygens (including phenoxy) is 2. The van der Waals surface area contributed by atoms with E-state index in [0.29, 0.717) is 25.7 Å². The Bertz CT molecular complexity index is 825. The molecule has 166 valence electrons. The molecule has 6 atom stereocenters. The summed E-state index contributed by atoms with van der Waals surface area (Å²) in [4.78, 5) is 25.0. The zero-order chi connectivity index (χ0) is 21.8. The fraction of sp³-hybridized carbons (Fsp3) is 0.727. The van der Waals surface area contributed by atoms with Crippen molar-refractivity contribution in [1.29, 1.82) is 0 Å². The Kier molecular flexibility index (Phi) is 5.23. The van der Waals surface area contributed by atoms with Crippen LogP contribution in [0.3, 0.4) is 0 Å². The van der Waals surface area contributed by atoms with Crippen molar-refractivity contribution in [3.8, 4) is 0 Å². The maximum atomic E-state index is 13.1. The minimum absolute atomic E-state index is 0.0133. The standard InChI is InChI=1S/C22H29ClO7/c1-14(24)30-16-10-21(26)13-29-18(25)19(2)6-3-7-20(12-23,17(16)19)22(21,27)8-4-15-5-9-28-11-15/h5,9,11,16-17,26-27H,3-4,6-8,10,12-13H2,1-2H3/t16-,17+,19+,20-,21+,22+/m1/s1. The molecule has 1 saturated heterocycles. The lowest BCUT2D eigenvalue weighted by Crippen LogP contribution is -2.79. The van der Waals surface area contributed by atoms with Crippen LogP contribution in [-0.4, -0.2) is 51.9 Å². The summed E-state index contributed by atoms with van der Waals surface area (Å²) in [6.07, 6.45) is 4.80. The smallest absolute Gasteiger partial charge is 0.312 e. The predicted octanol–water partition coefficient (Wildman–Crippen LogP) is 2.60. The Morgan fingerprint density at radius 1 is 1.37 bits per heavy atom. The Labute approximate surface area is 180 Å². The van der Waals surface area contributed by atoms with E-state index in [9.17, 15) is 19.8 Å². The van der Waals surface area contributed by atoms with Crippen LogP contribution in [0.25, 0.3) is 0 Å². The molecular formula is C22H29ClO7. The van der Waals surface area contributed by atoms with E-state index in [1.807, 2.05) is 13.0 Å². The fourth-order valence-electron chi connectivity index (χ4n) is 6.59. The molecule has 7 nitrogen and oxygen atoms in total. The molecule has 0 aromatic carbocycles. The van der Waals surface area contributed by atoms with Gasteiger partial charge in [0.2, 0.25) is 0 Å². The first-order chi connectivity index (χ1) is 14.1. The summed E-state index contributed by atoms with van der Waals surface area (Å²) in [5, 5.41) is 24.0. The van der Waals surface area contributed by atoms with Gasteiger partial charge in [0.25, 0.3) is 0 Å². The van der Waals surface area contributed by atoms with Crippen LogP contribution in [0.4, 0.5) is 0 Å². The number of carbonyl (C=O) groups excluding carboxylic acids is 2. The van der Waals surface area contributed by atoms with E-state index in [4.69, 9.17) is 25.5 Å². The maximum Gasteiger partial charge on any atom is 0.312 e. The molecular weight excluding hydrogens is 412 g/mol. The van der Waals surface area contributed by atoms with Crippen molar-refractivity contribution in [2.75, 3.05) is 12.5 Å². The van der Waals surface area contributed by atoms with E-state index in [-0.39, 0.29) is 25.3 Å². The largest absolute Gasteiger partial charge is 0.472 e. The first kappa shape index (κ1) is 21.7. The number of furan rings is 1. The van der Waals surface area contributed by atoms with Crippen molar-refractivity contribution in [2.24, 2.45) is 16.7 Å². The van der Waals surface area contributed by atoms with Crippen molar-refractivity contribution < 1.29 is 33.7 Å². The van der Waals surface area contributed by atoms with Gasteiger partial charge in [-0.3, -0.25) is 9.59 Å². The molecule has 3 aliphatic rings. The molecule has 3 fully saturated rings. The number of rotatable bonds is 5. The van der Waals surface area contributed by atoms with Crippen LogP contribution in [0.1, 0.15) is 51.5 Å². The molecule has 2 saturated carbocycles.